The second kappa shape index (κ2) is 11.4. The van der Waals surface area contributed by atoms with Crippen molar-refractivity contribution in [3.05, 3.63) is 119 Å². The topological polar surface area (TPSA) is 74.2 Å². The minimum Gasteiger partial charge on any atom is -0.497 e. The number of carbonyl (C=O) groups excluding carboxylic acids is 1. The van der Waals surface area contributed by atoms with Crippen molar-refractivity contribution in [3.63, 3.8) is 0 Å². The fourth-order valence-electron chi connectivity index (χ4n) is 6.04. The Kier molecular flexibility index (Phi) is 7.81. The van der Waals surface area contributed by atoms with Gasteiger partial charge in [-0.2, -0.15) is 0 Å². The summed E-state index contributed by atoms with van der Waals surface area (Å²) in [6.45, 7) is 0. The summed E-state index contributed by atoms with van der Waals surface area (Å²) < 4.78 is 21.5. The highest BCUT2D eigenvalue weighted by Crippen LogP contribution is 2.59. The molecular formula is C34H34O6. The van der Waals surface area contributed by atoms with Gasteiger partial charge in [-0.05, 0) is 89.7 Å². The lowest BCUT2D eigenvalue weighted by molar-refractivity contribution is -0.000279. The number of carbonyl (C=O) groups is 1. The van der Waals surface area contributed by atoms with Gasteiger partial charge in [-0.25, -0.2) is 0 Å². The lowest BCUT2D eigenvalue weighted by Crippen LogP contribution is -2.38. The first-order valence-electron chi connectivity index (χ1n) is 13.2. The molecule has 206 valence electrons. The van der Waals surface area contributed by atoms with Crippen molar-refractivity contribution in [1.82, 2.24) is 0 Å². The Morgan fingerprint density at radius 3 is 1.48 bits per heavy atom. The predicted molar refractivity (Wildman–Crippen MR) is 154 cm³/mol. The number of methoxy groups -OCH3 is 4. The summed E-state index contributed by atoms with van der Waals surface area (Å²) in [5.41, 5.74) is 1.73. The molecule has 6 heteroatoms. The van der Waals surface area contributed by atoms with E-state index in [2.05, 4.69) is 0 Å². The molecule has 1 N–H and O–H groups in total. The van der Waals surface area contributed by atoms with Gasteiger partial charge >= 0.3 is 0 Å². The Labute approximate surface area is 235 Å². The maximum atomic E-state index is 14.5. The zero-order valence-corrected chi connectivity index (χ0v) is 23.2. The van der Waals surface area contributed by atoms with Gasteiger partial charge in [0.25, 0.3) is 0 Å². The molecule has 4 atom stereocenters. The third-order valence-electron chi connectivity index (χ3n) is 8.13. The average molecular weight is 539 g/mol. The number of aliphatic hydroxyl groups is 1. The van der Waals surface area contributed by atoms with Gasteiger partial charge in [0.05, 0.1) is 34.4 Å². The molecule has 4 aromatic rings. The van der Waals surface area contributed by atoms with Crippen LogP contribution in [0.4, 0.5) is 0 Å². The molecule has 0 amide bonds. The van der Waals surface area contributed by atoms with Crippen molar-refractivity contribution in [2.75, 3.05) is 28.4 Å². The van der Waals surface area contributed by atoms with E-state index < -0.39 is 11.5 Å². The number of ketones is 1. The van der Waals surface area contributed by atoms with Crippen molar-refractivity contribution < 1.29 is 28.8 Å². The Morgan fingerprint density at radius 1 is 0.625 bits per heavy atom. The molecular weight excluding hydrogens is 504 g/mol. The molecule has 4 aromatic carbocycles. The van der Waals surface area contributed by atoms with Crippen molar-refractivity contribution in [3.8, 4) is 23.0 Å². The molecule has 0 saturated heterocycles. The molecule has 0 aromatic heterocycles. The van der Waals surface area contributed by atoms with Gasteiger partial charge < -0.3 is 24.1 Å². The van der Waals surface area contributed by atoms with Gasteiger partial charge in [-0.1, -0.05) is 36.4 Å². The first-order valence-corrected chi connectivity index (χ1v) is 13.2. The maximum Gasteiger partial charge on any atom is 0.169 e. The van der Waals surface area contributed by atoms with E-state index in [-0.39, 0.29) is 17.6 Å². The van der Waals surface area contributed by atoms with Gasteiger partial charge in [-0.15, -0.1) is 0 Å². The van der Waals surface area contributed by atoms with Crippen LogP contribution in [0.15, 0.2) is 97.1 Å². The predicted octanol–water partition coefficient (Wildman–Crippen LogP) is 6.38. The second-order valence-electron chi connectivity index (χ2n) is 10.1. The van der Waals surface area contributed by atoms with Crippen LogP contribution < -0.4 is 18.9 Å². The van der Waals surface area contributed by atoms with Gasteiger partial charge in [0.2, 0.25) is 0 Å². The molecule has 0 heterocycles. The van der Waals surface area contributed by atoms with Crippen molar-refractivity contribution >= 4 is 5.78 Å². The molecule has 1 aliphatic rings. The lowest BCUT2D eigenvalue weighted by atomic mass is 9.73. The maximum absolute atomic E-state index is 14.5. The first-order chi connectivity index (χ1) is 19.4. The molecule has 0 bridgehead atoms. The van der Waals surface area contributed by atoms with Crippen LogP contribution in [0.1, 0.15) is 45.3 Å². The van der Waals surface area contributed by atoms with Crippen molar-refractivity contribution in [2.24, 2.45) is 5.92 Å². The lowest BCUT2D eigenvalue weighted by Gasteiger charge is -2.33. The molecule has 0 unspecified atom stereocenters. The van der Waals surface area contributed by atoms with E-state index in [1.807, 2.05) is 72.8 Å². The van der Waals surface area contributed by atoms with E-state index in [0.717, 1.165) is 22.6 Å². The second-order valence-corrected chi connectivity index (χ2v) is 10.1. The molecule has 1 saturated carbocycles. The van der Waals surface area contributed by atoms with Gasteiger partial charge in [0.1, 0.15) is 28.6 Å². The summed E-state index contributed by atoms with van der Waals surface area (Å²) in [6, 6.07) is 30.1. The van der Waals surface area contributed by atoms with Crippen LogP contribution in [-0.2, 0) is 5.60 Å². The molecule has 0 radical (unpaired) electrons. The molecule has 0 spiro atoms. The fraction of sp³-hybridized carbons (Fsp3) is 0.265. The van der Waals surface area contributed by atoms with Crippen molar-refractivity contribution in [1.29, 1.82) is 0 Å². The minimum atomic E-state index is -1.45. The smallest absolute Gasteiger partial charge is 0.169 e. The van der Waals surface area contributed by atoms with Crippen LogP contribution in [0.5, 0.6) is 23.0 Å². The van der Waals surface area contributed by atoms with Gasteiger partial charge in [-0.3, -0.25) is 4.79 Å². The third kappa shape index (κ3) is 5.03. The zero-order chi connectivity index (χ0) is 28.3. The number of rotatable bonds is 9. The summed E-state index contributed by atoms with van der Waals surface area (Å²) in [5.74, 6) is 1.45. The van der Waals surface area contributed by atoms with E-state index in [4.69, 9.17) is 18.9 Å². The Balaban J connectivity index is 1.70. The zero-order valence-electron chi connectivity index (χ0n) is 23.2. The fourth-order valence-corrected chi connectivity index (χ4v) is 6.04. The van der Waals surface area contributed by atoms with Crippen LogP contribution in [0, 0.1) is 5.92 Å². The van der Waals surface area contributed by atoms with Crippen LogP contribution in [-0.4, -0.2) is 39.3 Å². The van der Waals surface area contributed by atoms with Crippen LogP contribution in [0.25, 0.3) is 0 Å². The number of benzene rings is 4. The quantitative estimate of drug-likeness (QED) is 0.249. The van der Waals surface area contributed by atoms with E-state index >= 15 is 0 Å². The molecule has 1 aliphatic carbocycles. The molecule has 6 nitrogen and oxygen atoms in total. The Bertz CT molecular complexity index is 1430. The highest BCUT2D eigenvalue weighted by atomic mass is 16.5. The van der Waals surface area contributed by atoms with Crippen LogP contribution in [0.2, 0.25) is 0 Å². The summed E-state index contributed by atoms with van der Waals surface area (Å²) in [6.07, 6.45) is 0.356. The number of Topliss-reactive ketones (excluding diaryl/α,β-unsaturated/α-hetero) is 1. The highest BCUT2D eigenvalue weighted by Gasteiger charge is 2.57. The summed E-state index contributed by atoms with van der Waals surface area (Å²) in [5, 5.41) is 12.6. The van der Waals surface area contributed by atoms with Gasteiger partial charge in [0, 0.05) is 11.5 Å². The van der Waals surface area contributed by atoms with Crippen LogP contribution >= 0.6 is 0 Å². The number of hydrogen-bond donors (Lipinski definition) is 1. The standard InChI is InChI=1S/C34H34O6/c1-37-26-13-5-22(6-14-26)30-21-34(36,25-11-19-29(40-4)20-12-25)32(31(30)23-7-15-27(38-2)16-8-23)33(35)24-9-17-28(39-3)18-10-24/h5-20,30-32,36H,21H2,1-4H3/t30-,31-,32-,34+/m1/s1. The number of hydrogen-bond acceptors (Lipinski definition) is 6. The van der Waals surface area contributed by atoms with E-state index in [1.54, 1.807) is 52.7 Å². The number of ether oxygens (including phenoxy) is 4. The molecule has 0 aliphatic heterocycles. The Hall–Kier alpha value is -4.29. The monoisotopic (exact) mass is 538 g/mol. The van der Waals surface area contributed by atoms with E-state index in [9.17, 15) is 9.90 Å². The Morgan fingerprint density at radius 2 is 1.02 bits per heavy atom. The molecule has 40 heavy (non-hydrogen) atoms. The first kappa shape index (κ1) is 27.3. The van der Waals surface area contributed by atoms with Crippen LogP contribution in [0.3, 0.4) is 0 Å². The average Bonchev–Trinajstić information content (AvgIpc) is 3.34. The molecule has 5 rings (SSSR count). The third-order valence-corrected chi connectivity index (χ3v) is 8.13. The summed E-state index contributed by atoms with van der Waals surface area (Å²) in [7, 11) is 6.46. The van der Waals surface area contributed by atoms with Crippen molar-refractivity contribution in [2.45, 2.75) is 23.9 Å². The SMILES string of the molecule is COc1ccc(C(=O)[C@H]2[C@H](c3ccc(OC)cc3)[C@@H](c3ccc(OC)cc3)C[C@]2(O)c2ccc(OC)cc2)cc1. The van der Waals surface area contributed by atoms with Gasteiger partial charge in [0.15, 0.2) is 5.78 Å². The summed E-state index contributed by atoms with van der Waals surface area (Å²) in [4.78, 5) is 14.5. The highest BCUT2D eigenvalue weighted by molar-refractivity contribution is 6.00. The normalized spacial score (nSPS) is 22.0. The molecule has 1 fully saturated rings. The van der Waals surface area contributed by atoms with E-state index in [1.165, 1.54) is 0 Å². The summed E-state index contributed by atoms with van der Waals surface area (Å²) >= 11 is 0. The largest absolute Gasteiger partial charge is 0.497 e. The van der Waals surface area contributed by atoms with E-state index in [0.29, 0.717) is 29.0 Å². The minimum absolute atomic E-state index is 0.127.